The minimum absolute atomic E-state index is 0.0846. The molecule has 1 N–H and O–H groups in total. The fraction of sp³-hybridized carbons (Fsp3) is 0.156. The number of hydrogen-bond donors (Lipinski definition) is 1. The van der Waals surface area contributed by atoms with E-state index in [0.29, 0.717) is 35.6 Å². The van der Waals surface area contributed by atoms with Gasteiger partial charge >= 0.3 is 0 Å². The zero-order chi connectivity index (χ0) is 26.5. The third-order valence-electron chi connectivity index (χ3n) is 6.79. The number of rotatable bonds is 9. The molecule has 1 aliphatic rings. The van der Waals surface area contributed by atoms with E-state index in [1.165, 1.54) is 24.3 Å². The van der Waals surface area contributed by atoms with Gasteiger partial charge in [-0.05, 0) is 77.2 Å². The Hall–Kier alpha value is -4.29. The van der Waals surface area contributed by atoms with E-state index in [1.54, 1.807) is 29.2 Å². The van der Waals surface area contributed by atoms with Crippen molar-refractivity contribution in [2.45, 2.75) is 19.1 Å². The van der Waals surface area contributed by atoms with Gasteiger partial charge in [-0.2, -0.15) is 0 Å². The third kappa shape index (κ3) is 5.50. The molecule has 38 heavy (non-hydrogen) atoms. The molecular weight excluding hydrogens is 484 g/mol. The number of allylic oxidation sites excluding steroid dienone is 1. The Labute approximate surface area is 220 Å². The van der Waals surface area contributed by atoms with Gasteiger partial charge in [-0.25, -0.2) is 8.78 Å². The number of nitrogens with zero attached hydrogens (tertiary/aromatic N) is 1. The first-order valence-electron chi connectivity index (χ1n) is 12.4. The van der Waals surface area contributed by atoms with Gasteiger partial charge in [0.05, 0.1) is 18.6 Å². The van der Waals surface area contributed by atoms with Gasteiger partial charge in [0.2, 0.25) is 5.91 Å². The van der Waals surface area contributed by atoms with E-state index < -0.39 is 0 Å². The van der Waals surface area contributed by atoms with E-state index in [2.05, 4.69) is 0 Å². The predicted octanol–water partition coefficient (Wildman–Crippen LogP) is 6.71. The summed E-state index contributed by atoms with van der Waals surface area (Å²) in [7, 11) is 0. The highest BCUT2D eigenvalue weighted by Crippen LogP contribution is 2.46. The molecule has 192 valence electrons. The molecule has 2 atom stereocenters. The molecular formula is C32H27F2NO3. The van der Waals surface area contributed by atoms with Crippen LogP contribution >= 0.6 is 0 Å². The van der Waals surface area contributed by atoms with Crippen molar-refractivity contribution in [2.75, 3.05) is 11.5 Å². The van der Waals surface area contributed by atoms with Crippen molar-refractivity contribution in [3.8, 4) is 5.75 Å². The Morgan fingerprint density at radius 1 is 0.842 bits per heavy atom. The fourth-order valence-electron chi connectivity index (χ4n) is 4.76. The number of aliphatic hydroxyl groups excluding tert-OH is 1. The zero-order valence-electron chi connectivity index (χ0n) is 20.6. The quantitative estimate of drug-likeness (QED) is 0.254. The summed E-state index contributed by atoms with van der Waals surface area (Å²) in [6.07, 6.45) is 2.23. The van der Waals surface area contributed by atoms with Crippen molar-refractivity contribution in [1.82, 2.24) is 0 Å². The fourth-order valence-corrected chi connectivity index (χ4v) is 4.76. The van der Waals surface area contributed by atoms with Gasteiger partial charge in [-0.15, -0.1) is 0 Å². The number of carbonyl (C=O) groups excluding carboxylic acids is 1. The normalized spacial score (nSPS) is 17.3. The van der Waals surface area contributed by atoms with Crippen LogP contribution in [0.3, 0.4) is 0 Å². The number of halogens is 2. The van der Waals surface area contributed by atoms with E-state index in [1.807, 2.05) is 60.7 Å². The van der Waals surface area contributed by atoms with Crippen molar-refractivity contribution in [3.63, 3.8) is 0 Å². The number of aliphatic hydroxyl groups is 1. The summed E-state index contributed by atoms with van der Waals surface area (Å²) in [5.41, 5.74) is 3.93. The number of ether oxygens (including phenoxy) is 1. The van der Waals surface area contributed by atoms with Gasteiger partial charge in [0.15, 0.2) is 0 Å². The summed E-state index contributed by atoms with van der Waals surface area (Å²) in [6.45, 7) is 0.219. The molecule has 1 heterocycles. The summed E-state index contributed by atoms with van der Waals surface area (Å²) in [5, 5.41) is 9.91. The monoisotopic (exact) mass is 511 g/mol. The molecule has 6 heteroatoms. The van der Waals surface area contributed by atoms with E-state index in [-0.39, 0.29) is 36.1 Å². The molecule has 0 aromatic heterocycles. The number of anilines is 1. The van der Waals surface area contributed by atoms with Crippen molar-refractivity contribution in [2.24, 2.45) is 5.92 Å². The molecule has 0 spiro atoms. The first-order chi connectivity index (χ1) is 18.5. The van der Waals surface area contributed by atoms with Crippen LogP contribution in [-0.4, -0.2) is 17.6 Å². The molecule has 0 unspecified atom stereocenters. The van der Waals surface area contributed by atoms with Gasteiger partial charge in [0.25, 0.3) is 0 Å². The van der Waals surface area contributed by atoms with Gasteiger partial charge in [-0.3, -0.25) is 4.79 Å². The summed E-state index contributed by atoms with van der Waals surface area (Å²) in [5.74, 6) is -0.473. The van der Waals surface area contributed by atoms with Crippen molar-refractivity contribution in [1.29, 1.82) is 0 Å². The molecule has 1 amide bonds. The minimum atomic E-state index is -0.377. The van der Waals surface area contributed by atoms with E-state index in [4.69, 9.17) is 4.74 Å². The second-order valence-electron chi connectivity index (χ2n) is 9.21. The lowest BCUT2D eigenvalue weighted by atomic mass is 9.79. The highest BCUT2D eigenvalue weighted by atomic mass is 19.1. The maximum atomic E-state index is 13.6. The van der Waals surface area contributed by atoms with Crippen molar-refractivity contribution < 1.29 is 23.4 Å². The van der Waals surface area contributed by atoms with Crippen LogP contribution in [0.15, 0.2) is 109 Å². The van der Waals surface area contributed by atoms with E-state index >= 15 is 0 Å². The minimum Gasteiger partial charge on any atom is -0.489 e. The summed E-state index contributed by atoms with van der Waals surface area (Å²) in [6, 6.07) is 29.0. The number of carbonyl (C=O) groups is 1. The summed E-state index contributed by atoms with van der Waals surface area (Å²) >= 11 is 0. The Bertz CT molecular complexity index is 1400. The Morgan fingerprint density at radius 3 is 2.11 bits per heavy atom. The lowest BCUT2D eigenvalue weighted by molar-refractivity contribution is -0.130. The second-order valence-corrected chi connectivity index (χ2v) is 9.21. The van der Waals surface area contributed by atoms with Crippen molar-refractivity contribution >= 4 is 17.2 Å². The molecule has 0 aliphatic carbocycles. The maximum Gasteiger partial charge on any atom is 0.233 e. The van der Waals surface area contributed by atoms with Crippen LogP contribution < -0.4 is 9.64 Å². The van der Waals surface area contributed by atoms with Crippen LogP contribution in [0.2, 0.25) is 0 Å². The van der Waals surface area contributed by atoms with Gasteiger partial charge in [0, 0.05) is 5.69 Å². The second kappa shape index (κ2) is 11.4. The molecule has 1 fully saturated rings. The molecule has 4 aromatic carbocycles. The largest absolute Gasteiger partial charge is 0.489 e. The van der Waals surface area contributed by atoms with Gasteiger partial charge in [0.1, 0.15) is 24.0 Å². The van der Waals surface area contributed by atoms with Crippen LogP contribution in [0.5, 0.6) is 5.75 Å². The zero-order valence-corrected chi connectivity index (χ0v) is 20.6. The van der Waals surface area contributed by atoms with Crippen LogP contribution in [0.25, 0.3) is 5.57 Å². The summed E-state index contributed by atoms with van der Waals surface area (Å²) in [4.78, 5) is 15.0. The molecule has 0 radical (unpaired) electrons. The number of β-lactam (4-membered cyclic amide) rings is 1. The molecule has 4 nitrogen and oxygen atoms in total. The summed E-state index contributed by atoms with van der Waals surface area (Å²) < 4.78 is 32.8. The topological polar surface area (TPSA) is 49.8 Å². The van der Waals surface area contributed by atoms with Gasteiger partial charge < -0.3 is 14.7 Å². The average Bonchev–Trinajstić information content (AvgIpc) is 2.95. The van der Waals surface area contributed by atoms with E-state index in [0.717, 1.165) is 11.1 Å². The van der Waals surface area contributed by atoms with Crippen LogP contribution in [-0.2, 0) is 11.4 Å². The first kappa shape index (κ1) is 25.4. The standard InChI is InChI=1S/C32H27F2NO3/c33-26-11-6-23(7-12-26)25(20-36)10-19-30-31(35(32(30)37)28-15-13-27(34)14-16-28)24-8-17-29(18-9-24)38-21-22-4-2-1-3-5-22/h1-18,30-31,36H,19-21H2/t30-,31-/m1/s1. The van der Waals surface area contributed by atoms with Crippen LogP contribution in [0.1, 0.15) is 29.2 Å². The molecule has 1 aliphatic heterocycles. The molecule has 1 saturated heterocycles. The number of benzene rings is 4. The molecule has 0 saturated carbocycles. The van der Waals surface area contributed by atoms with E-state index in [9.17, 15) is 18.7 Å². The lowest BCUT2D eigenvalue weighted by Gasteiger charge is -2.47. The van der Waals surface area contributed by atoms with Crippen LogP contribution in [0.4, 0.5) is 14.5 Å². The SMILES string of the molecule is O=C1[C@H](CC=C(CO)c2ccc(F)cc2)[C@@H](c2ccc(OCc3ccccc3)cc2)N1c1ccc(F)cc1. The molecule has 4 aromatic rings. The highest BCUT2D eigenvalue weighted by molar-refractivity contribution is 6.03. The Kier molecular flexibility index (Phi) is 7.61. The first-order valence-corrected chi connectivity index (χ1v) is 12.4. The number of amides is 1. The highest BCUT2D eigenvalue weighted by Gasteiger charge is 2.48. The van der Waals surface area contributed by atoms with Crippen molar-refractivity contribution in [3.05, 3.63) is 138 Å². The smallest absolute Gasteiger partial charge is 0.233 e. The molecule has 0 bridgehead atoms. The van der Waals surface area contributed by atoms with Gasteiger partial charge in [-0.1, -0.05) is 60.7 Å². The Balaban J connectivity index is 1.38. The Morgan fingerprint density at radius 2 is 1.47 bits per heavy atom. The average molecular weight is 512 g/mol. The predicted molar refractivity (Wildman–Crippen MR) is 143 cm³/mol. The third-order valence-corrected chi connectivity index (χ3v) is 6.79. The lowest BCUT2D eigenvalue weighted by Crippen LogP contribution is -2.55. The van der Waals surface area contributed by atoms with Crippen LogP contribution in [0, 0.1) is 17.6 Å². The maximum absolute atomic E-state index is 13.6. The molecule has 5 rings (SSSR count). The number of hydrogen-bond acceptors (Lipinski definition) is 3.